The third-order valence-electron chi connectivity index (χ3n) is 19.9. The Morgan fingerprint density at radius 1 is 0.835 bits per heavy atom. The summed E-state index contributed by atoms with van der Waals surface area (Å²) in [5.74, 6) is 9.04. The lowest BCUT2D eigenvalue weighted by molar-refractivity contribution is -0.166. The molecular weight excluding hydrogens is 1070 g/mol. The number of aliphatic hydroxyl groups is 3. The van der Waals surface area contributed by atoms with Crippen LogP contribution in [0.3, 0.4) is 0 Å². The van der Waals surface area contributed by atoms with Crippen LogP contribution in [0.2, 0.25) is 0 Å². The summed E-state index contributed by atoms with van der Waals surface area (Å²) >= 11 is 0. The van der Waals surface area contributed by atoms with Gasteiger partial charge in [0.1, 0.15) is 30.1 Å². The lowest BCUT2D eigenvalue weighted by Gasteiger charge is -2.59. The van der Waals surface area contributed by atoms with Gasteiger partial charge in [-0.2, -0.15) is 0 Å². The molecule has 6 heterocycles. The Morgan fingerprint density at radius 3 is 2.60 bits per heavy atom. The van der Waals surface area contributed by atoms with Crippen molar-refractivity contribution < 1.29 is 49.6 Å². The molecule has 8 N–H and O–H groups in total. The van der Waals surface area contributed by atoms with Crippen LogP contribution in [0.25, 0.3) is 22.7 Å². The average molecular weight is 1150 g/mol. The van der Waals surface area contributed by atoms with Gasteiger partial charge in [0.05, 0.1) is 44.4 Å². The van der Waals surface area contributed by atoms with Gasteiger partial charge in [-0.05, 0) is 164 Å². The van der Waals surface area contributed by atoms with E-state index in [1.165, 1.54) is 23.1 Å². The molecule has 13 nitrogen and oxygen atoms in total. The second-order valence-corrected chi connectivity index (χ2v) is 25.0. The van der Waals surface area contributed by atoms with Crippen LogP contribution in [0.5, 0.6) is 23.0 Å². The number of aryl methyl sites for hydroxylation is 2. The van der Waals surface area contributed by atoms with Crippen LogP contribution in [0.15, 0.2) is 121 Å². The lowest BCUT2D eigenvalue weighted by Crippen LogP contribution is -2.59. The van der Waals surface area contributed by atoms with Gasteiger partial charge in [-0.3, -0.25) is 5.32 Å². The van der Waals surface area contributed by atoms with E-state index in [-0.39, 0.29) is 85.3 Å². The Bertz CT molecular complexity index is 3590. The number of ether oxygens (including phenoxy) is 4. The minimum atomic E-state index is -0.778. The van der Waals surface area contributed by atoms with Crippen molar-refractivity contribution in [1.82, 2.24) is 15.2 Å². The summed E-state index contributed by atoms with van der Waals surface area (Å²) in [4.78, 5) is 0. The molecular formula is C72H81N3O10. The Hall–Kier alpha value is -6.86. The van der Waals surface area contributed by atoms with Gasteiger partial charge in [-0.25, -0.2) is 0 Å². The Labute approximate surface area is 499 Å². The molecule has 1 saturated heterocycles. The van der Waals surface area contributed by atoms with Gasteiger partial charge >= 0.3 is 0 Å². The highest BCUT2D eigenvalue weighted by molar-refractivity contribution is 5.89. The number of rotatable bonds is 13. The molecule has 1 spiro atoms. The van der Waals surface area contributed by atoms with Gasteiger partial charge < -0.3 is 59.5 Å². The average Bonchev–Trinajstić information content (AvgIpc) is 1.34. The summed E-state index contributed by atoms with van der Waals surface area (Å²) in [5.41, 5.74) is 11.2. The number of dihydropyridines is 1. The predicted molar refractivity (Wildman–Crippen MR) is 329 cm³/mol. The molecule has 7 unspecified atom stereocenters. The van der Waals surface area contributed by atoms with E-state index in [0.29, 0.717) is 56.6 Å². The molecule has 13 heteroatoms. The summed E-state index contributed by atoms with van der Waals surface area (Å²) < 4.78 is 29.4. The minimum Gasteiger partial charge on any atom is -0.508 e. The highest BCUT2D eigenvalue weighted by Crippen LogP contribution is 2.60. The number of hydrogen-bond donors (Lipinski definition) is 8. The van der Waals surface area contributed by atoms with E-state index >= 15 is 0 Å². The fourth-order valence-electron chi connectivity index (χ4n) is 15.6. The highest BCUT2D eigenvalue weighted by Gasteiger charge is 2.58. The zero-order valence-electron chi connectivity index (χ0n) is 48.7. The number of benzene rings is 5. The number of phenols is 3. The largest absolute Gasteiger partial charge is 0.508 e. The topological polar surface area (TPSA) is 187 Å². The van der Waals surface area contributed by atoms with Gasteiger partial charge in [0.2, 0.25) is 0 Å². The van der Waals surface area contributed by atoms with E-state index in [2.05, 4.69) is 88.0 Å². The number of phenolic OH excluding ortho intramolecular Hbond substituents is 3. The third-order valence-corrected chi connectivity index (χ3v) is 19.9. The maximum Gasteiger partial charge on any atom is 0.168 e. The summed E-state index contributed by atoms with van der Waals surface area (Å²) in [6.07, 6.45) is 23.3. The third kappa shape index (κ3) is 11.6. The molecule has 5 aromatic carbocycles. The first-order valence-electron chi connectivity index (χ1n) is 31.3. The maximum absolute atomic E-state index is 12.3. The smallest absolute Gasteiger partial charge is 0.168 e. The van der Waals surface area contributed by atoms with Crippen LogP contribution in [0, 0.1) is 29.6 Å². The molecule has 0 radical (unpaired) electrons. The van der Waals surface area contributed by atoms with Crippen molar-refractivity contribution in [2.24, 2.45) is 17.8 Å². The molecule has 14 rings (SSSR count). The summed E-state index contributed by atoms with van der Waals surface area (Å²) in [7, 11) is 0. The molecule has 444 valence electrons. The highest BCUT2D eigenvalue weighted by atomic mass is 16.5. The number of nitrogens with zero attached hydrogens (tertiary/aromatic N) is 1. The number of aliphatic hydroxyl groups excluding tert-OH is 3. The fourth-order valence-corrected chi connectivity index (χ4v) is 15.6. The van der Waals surface area contributed by atoms with Crippen LogP contribution >= 0.6 is 0 Å². The van der Waals surface area contributed by atoms with Crippen molar-refractivity contribution in [3.63, 3.8) is 0 Å². The second-order valence-electron chi connectivity index (χ2n) is 25.0. The molecule has 7 atom stereocenters. The van der Waals surface area contributed by atoms with Crippen LogP contribution in [0.1, 0.15) is 139 Å². The second kappa shape index (κ2) is 24.9. The first kappa shape index (κ1) is 57.2. The summed E-state index contributed by atoms with van der Waals surface area (Å²) in [6.45, 7) is 1.45. The molecule has 8 bridgehead atoms. The van der Waals surface area contributed by atoms with E-state index in [1.807, 2.05) is 30.4 Å². The van der Waals surface area contributed by atoms with E-state index in [1.54, 1.807) is 24.3 Å². The van der Waals surface area contributed by atoms with Crippen LogP contribution < -0.4 is 15.4 Å². The lowest BCUT2D eigenvalue weighted by atomic mass is 9.51. The first-order chi connectivity index (χ1) is 41.6. The Morgan fingerprint density at radius 2 is 1.73 bits per heavy atom. The van der Waals surface area contributed by atoms with Crippen molar-refractivity contribution >= 4 is 22.7 Å². The number of nitrogens with one attached hydrogen (secondary N) is 2. The molecule has 8 aliphatic rings. The van der Waals surface area contributed by atoms with Gasteiger partial charge in [-0.1, -0.05) is 97.9 Å². The van der Waals surface area contributed by atoms with E-state index < -0.39 is 12.3 Å². The zero-order valence-corrected chi connectivity index (χ0v) is 48.7. The molecule has 3 aliphatic carbocycles. The summed E-state index contributed by atoms with van der Waals surface area (Å²) in [6, 6.07) is 28.5. The molecule has 6 aromatic rings. The standard InChI is InChI=1S/C72H81N3O10/c76-28-8-29-82-45-73-68-38-50-19-17-46(15-16-47-18-23-64(79)52(31-47)32-48-10-6-12-57(78)33-48)9-7-13-58-39-65(80)51-20-22-59-60(36-51)54(42-77)37-66(81)69(59)84-43-55-35-56(34-53-40-75(41-61(53)55)70(74-68)62(50)44-83-58)72-27-30-85-71(25-4-1-5-26-71)67(72)24-21-49-11-2-3-14-63(49)72/h2-3,6,10-12,14,18,20,22-23,31,33-35,37-38,40-41,46,51,58,65,67-68,73-74,76-81H,1,4-5,7-9,13,15-16,21,24-30,32,36,39,42-45H2. The SMILES string of the molecule is OCCCOCNC1C=C2C#CC(CCc3ccc(O)c(Cc4cccc(O)c4)c3)CCCC3CC(O)C4C=Cc5c(c(CO)cc(O)c5OCc5cc(C67CCOC8(CCCCC8)C6CCc6ccccc67)cc6cn(cc56)C(=C2CO3)N1)C4. The first-order valence-corrected chi connectivity index (χ1v) is 31.3. The van der Waals surface area contributed by atoms with E-state index in [0.717, 1.165) is 132 Å². The van der Waals surface area contributed by atoms with Crippen molar-refractivity contribution in [3.05, 3.63) is 176 Å². The number of hydrogen-bond acceptors (Lipinski definition) is 12. The summed E-state index contributed by atoms with van der Waals surface area (Å²) in [5, 5.41) is 75.2. The Balaban J connectivity index is 0.951. The van der Waals surface area contributed by atoms with Gasteiger partial charge in [-0.15, -0.1) is 0 Å². The number of aromatic nitrogens is 1. The van der Waals surface area contributed by atoms with Crippen LogP contribution in [0.4, 0.5) is 0 Å². The monoisotopic (exact) mass is 1150 g/mol. The molecule has 0 amide bonds. The van der Waals surface area contributed by atoms with Crippen molar-refractivity contribution in [3.8, 4) is 34.8 Å². The van der Waals surface area contributed by atoms with Gasteiger partial charge in [0, 0.05) is 89.1 Å². The normalized spacial score (nSPS) is 25.2. The molecule has 85 heavy (non-hydrogen) atoms. The fraction of sp³-hybridized carbons (Fsp3) is 0.444. The number of aromatic hydroxyl groups is 3. The van der Waals surface area contributed by atoms with E-state index in [4.69, 9.17) is 18.9 Å². The van der Waals surface area contributed by atoms with Crippen molar-refractivity contribution in [1.29, 1.82) is 0 Å². The van der Waals surface area contributed by atoms with Gasteiger partial charge in [0.25, 0.3) is 0 Å². The van der Waals surface area contributed by atoms with Crippen molar-refractivity contribution in [2.75, 3.05) is 33.2 Å². The van der Waals surface area contributed by atoms with Crippen molar-refractivity contribution in [2.45, 2.75) is 152 Å². The molecule has 5 aliphatic heterocycles. The molecule has 1 aromatic heterocycles. The van der Waals surface area contributed by atoms with Crippen LogP contribution in [-0.4, -0.2) is 92.3 Å². The predicted octanol–water partition coefficient (Wildman–Crippen LogP) is 11.1. The van der Waals surface area contributed by atoms with E-state index in [9.17, 15) is 30.6 Å². The maximum atomic E-state index is 12.3. The van der Waals surface area contributed by atoms with Crippen LogP contribution in [-0.2, 0) is 58.5 Å². The quantitative estimate of drug-likeness (QED) is 0.0311. The van der Waals surface area contributed by atoms with Gasteiger partial charge in [0.15, 0.2) is 11.5 Å². The molecule has 1 saturated carbocycles. The minimum absolute atomic E-state index is 0.00353. The zero-order chi connectivity index (χ0) is 58.1. The number of fused-ring (bicyclic) bond motifs is 6. The molecule has 2 fully saturated rings. The Kier molecular flexibility index (Phi) is 16.7.